The highest BCUT2D eigenvalue weighted by Crippen LogP contribution is 2.29. The van der Waals surface area contributed by atoms with Gasteiger partial charge in [0, 0.05) is 30.2 Å². The highest BCUT2D eigenvalue weighted by Gasteiger charge is 2.21. The summed E-state index contributed by atoms with van der Waals surface area (Å²) in [6, 6.07) is 0. The molecule has 106 valence electrons. The van der Waals surface area contributed by atoms with E-state index < -0.39 is 0 Å². The van der Waals surface area contributed by atoms with E-state index in [4.69, 9.17) is 4.52 Å². The molecule has 2 N–H and O–H groups in total. The normalized spacial score (nSPS) is 14.1. The first-order valence-electron chi connectivity index (χ1n) is 6.84. The van der Waals surface area contributed by atoms with Gasteiger partial charge in [-0.05, 0) is 31.0 Å². The van der Waals surface area contributed by atoms with Crippen LogP contribution < -0.4 is 5.32 Å². The monoisotopic (exact) mass is 282 g/mol. The van der Waals surface area contributed by atoms with Crippen LogP contribution in [-0.2, 0) is 13.0 Å². The second-order valence-corrected chi connectivity index (χ2v) is 5.06. The van der Waals surface area contributed by atoms with Gasteiger partial charge in [0.2, 0.25) is 5.82 Å². The van der Waals surface area contributed by atoms with E-state index >= 15 is 0 Å². The maximum atomic E-state index is 5.34. The molecule has 4 heterocycles. The van der Waals surface area contributed by atoms with Gasteiger partial charge in [0.05, 0.1) is 11.8 Å². The Morgan fingerprint density at radius 3 is 3.10 bits per heavy atom. The molecule has 0 spiro atoms. The van der Waals surface area contributed by atoms with Crippen molar-refractivity contribution in [3.63, 3.8) is 0 Å². The summed E-state index contributed by atoms with van der Waals surface area (Å²) >= 11 is 0. The van der Waals surface area contributed by atoms with Crippen molar-refractivity contribution in [3.8, 4) is 22.8 Å². The first kappa shape index (κ1) is 12.2. The summed E-state index contributed by atoms with van der Waals surface area (Å²) in [6.45, 7) is 3.77. The second kappa shape index (κ2) is 4.78. The zero-order valence-corrected chi connectivity index (χ0v) is 11.6. The number of H-pyrrole nitrogens is 1. The van der Waals surface area contributed by atoms with E-state index in [1.165, 1.54) is 11.1 Å². The topological polar surface area (TPSA) is 92.5 Å². The second-order valence-electron chi connectivity index (χ2n) is 5.06. The highest BCUT2D eigenvalue weighted by atomic mass is 16.5. The van der Waals surface area contributed by atoms with E-state index in [1.54, 1.807) is 12.4 Å². The SMILES string of the molecule is Cc1ncc2c(c1-c1noc(-c3cn[nH]c3)n1)CCNC2. The Morgan fingerprint density at radius 1 is 1.29 bits per heavy atom. The molecule has 21 heavy (non-hydrogen) atoms. The maximum Gasteiger partial charge on any atom is 0.261 e. The van der Waals surface area contributed by atoms with Crippen molar-refractivity contribution in [2.24, 2.45) is 0 Å². The van der Waals surface area contributed by atoms with Gasteiger partial charge in [0.15, 0.2) is 0 Å². The summed E-state index contributed by atoms with van der Waals surface area (Å²) in [4.78, 5) is 8.95. The fraction of sp³-hybridized carbons (Fsp3) is 0.286. The number of pyridine rings is 1. The van der Waals surface area contributed by atoms with E-state index in [0.717, 1.165) is 36.3 Å². The molecule has 3 aromatic heterocycles. The summed E-state index contributed by atoms with van der Waals surface area (Å²) in [5.41, 5.74) is 5.17. The molecule has 0 radical (unpaired) electrons. The Kier molecular flexibility index (Phi) is 2.78. The Balaban J connectivity index is 1.83. The van der Waals surface area contributed by atoms with Crippen molar-refractivity contribution in [2.75, 3.05) is 6.54 Å². The van der Waals surface area contributed by atoms with Gasteiger partial charge in [-0.3, -0.25) is 10.1 Å². The molecule has 0 aromatic carbocycles. The van der Waals surface area contributed by atoms with Crippen molar-refractivity contribution < 1.29 is 4.52 Å². The smallest absolute Gasteiger partial charge is 0.261 e. The number of aromatic amines is 1. The van der Waals surface area contributed by atoms with Gasteiger partial charge >= 0.3 is 0 Å². The van der Waals surface area contributed by atoms with Gasteiger partial charge in [-0.1, -0.05) is 5.16 Å². The van der Waals surface area contributed by atoms with Gasteiger partial charge in [-0.2, -0.15) is 10.1 Å². The number of hydrogen-bond donors (Lipinski definition) is 2. The fourth-order valence-electron chi connectivity index (χ4n) is 2.68. The molecule has 4 rings (SSSR count). The largest absolute Gasteiger partial charge is 0.333 e. The minimum atomic E-state index is 0.463. The molecule has 0 atom stereocenters. The Hall–Kier alpha value is -2.54. The molecule has 0 aliphatic carbocycles. The minimum absolute atomic E-state index is 0.463. The number of nitrogens with zero attached hydrogens (tertiary/aromatic N) is 4. The van der Waals surface area contributed by atoms with Crippen LogP contribution in [0.4, 0.5) is 0 Å². The van der Waals surface area contributed by atoms with Crippen LogP contribution in [0, 0.1) is 6.92 Å². The van der Waals surface area contributed by atoms with Gasteiger partial charge in [0.1, 0.15) is 0 Å². The van der Waals surface area contributed by atoms with Gasteiger partial charge < -0.3 is 9.84 Å². The summed E-state index contributed by atoms with van der Waals surface area (Å²) in [5, 5.41) is 14.1. The molecule has 3 aromatic rings. The quantitative estimate of drug-likeness (QED) is 0.739. The zero-order chi connectivity index (χ0) is 14.2. The zero-order valence-electron chi connectivity index (χ0n) is 11.6. The van der Waals surface area contributed by atoms with Crippen LogP contribution in [0.25, 0.3) is 22.8 Å². The van der Waals surface area contributed by atoms with Gasteiger partial charge in [-0.15, -0.1) is 0 Å². The summed E-state index contributed by atoms with van der Waals surface area (Å²) in [5.74, 6) is 1.06. The Labute approximate surface area is 120 Å². The third kappa shape index (κ3) is 2.02. The van der Waals surface area contributed by atoms with Crippen molar-refractivity contribution in [3.05, 3.63) is 35.4 Å². The number of aryl methyl sites for hydroxylation is 1. The van der Waals surface area contributed by atoms with Crippen LogP contribution >= 0.6 is 0 Å². The highest BCUT2D eigenvalue weighted by molar-refractivity contribution is 5.66. The van der Waals surface area contributed by atoms with Crippen LogP contribution in [0.5, 0.6) is 0 Å². The fourth-order valence-corrected chi connectivity index (χ4v) is 2.68. The lowest BCUT2D eigenvalue weighted by Crippen LogP contribution is -2.24. The molecule has 0 unspecified atom stereocenters. The number of rotatable bonds is 2. The van der Waals surface area contributed by atoms with E-state index in [2.05, 4.69) is 30.6 Å². The van der Waals surface area contributed by atoms with Crippen LogP contribution in [0.1, 0.15) is 16.8 Å². The van der Waals surface area contributed by atoms with Crippen molar-refractivity contribution >= 4 is 0 Å². The molecule has 0 saturated heterocycles. The molecular formula is C14H14N6O. The lowest BCUT2D eigenvalue weighted by atomic mass is 9.95. The van der Waals surface area contributed by atoms with Crippen molar-refractivity contribution in [1.29, 1.82) is 0 Å². The number of nitrogens with one attached hydrogen (secondary N) is 2. The van der Waals surface area contributed by atoms with Crippen molar-refractivity contribution in [2.45, 2.75) is 19.9 Å². The molecule has 0 fully saturated rings. The molecule has 7 nitrogen and oxygen atoms in total. The Bertz CT molecular complexity index is 777. The van der Waals surface area contributed by atoms with E-state index in [9.17, 15) is 0 Å². The average Bonchev–Trinajstić information content (AvgIpc) is 3.18. The van der Waals surface area contributed by atoms with Crippen molar-refractivity contribution in [1.82, 2.24) is 30.6 Å². The number of hydrogen-bond acceptors (Lipinski definition) is 6. The van der Waals surface area contributed by atoms with Crippen LogP contribution in [0.15, 0.2) is 23.1 Å². The Morgan fingerprint density at radius 2 is 2.24 bits per heavy atom. The lowest BCUT2D eigenvalue weighted by Gasteiger charge is -2.19. The first-order valence-corrected chi connectivity index (χ1v) is 6.84. The molecule has 0 amide bonds. The number of aromatic nitrogens is 5. The van der Waals surface area contributed by atoms with Crippen LogP contribution in [0.3, 0.4) is 0 Å². The minimum Gasteiger partial charge on any atom is -0.333 e. The van der Waals surface area contributed by atoms with E-state index in [0.29, 0.717) is 11.7 Å². The third-order valence-electron chi connectivity index (χ3n) is 3.73. The predicted molar refractivity (Wildman–Crippen MR) is 75.3 cm³/mol. The molecule has 0 bridgehead atoms. The predicted octanol–water partition coefficient (Wildman–Crippen LogP) is 1.48. The third-order valence-corrected chi connectivity index (χ3v) is 3.73. The molecule has 1 aliphatic heterocycles. The molecule has 1 aliphatic rings. The summed E-state index contributed by atoms with van der Waals surface area (Å²) in [7, 11) is 0. The lowest BCUT2D eigenvalue weighted by molar-refractivity contribution is 0.432. The van der Waals surface area contributed by atoms with Crippen LogP contribution in [0.2, 0.25) is 0 Å². The average molecular weight is 282 g/mol. The van der Waals surface area contributed by atoms with E-state index in [1.807, 2.05) is 13.1 Å². The van der Waals surface area contributed by atoms with Gasteiger partial charge in [-0.25, -0.2) is 0 Å². The van der Waals surface area contributed by atoms with Gasteiger partial charge in [0.25, 0.3) is 5.89 Å². The van der Waals surface area contributed by atoms with Crippen LogP contribution in [-0.4, -0.2) is 31.9 Å². The number of fused-ring (bicyclic) bond motifs is 1. The maximum absolute atomic E-state index is 5.34. The summed E-state index contributed by atoms with van der Waals surface area (Å²) < 4.78 is 5.34. The first-order chi connectivity index (χ1) is 10.3. The molecule has 7 heteroatoms. The van der Waals surface area contributed by atoms with E-state index in [-0.39, 0.29) is 0 Å². The standard InChI is InChI=1S/C14H14N6O/c1-8-12(11-2-3-15-4-9(11)5-16-8)13-19-14(21-20-13)10-6-17-18-7-10/h5-7,15H,2-4H2,1H3,(H,17,18). The molecular weight excluding hydrogens is 268 g/mol. The summed E-state index contributed by atoms with van der Waals surface area (Å²) in [6.07, 6.45) is 6.26. The molecule has 0 saturated carbocycles.